The van der Waals surface area contributed by atoms with Crippen LogP contribution in [0.5, 0.6) is 5.88 Å². The average Bonchev–Trinajstić information content (AvgIpc) is 3.01. The van der Waals surface area contributed by atoms with Crippen molar-refractivity contribution in [3.63, 3.8) is 0 Å². The molecule has 0 spiro atoms. The zero-order valence-electron chi connectivity index (χ0n) is 15.2. The summed E-state index contributed by atoms with van der Waals surface area (Å²) in [6, 6.07) is 5.85. The number of nitrogens with zero attached hydrogens (tertiary/aromatic N) is 4. The highest BCUT2D eigenvalue weighted by molar-refractivity contribution is 5.62. The molecule has 2 N–H and O–H groups in total. The minimum Gasteiger partial charge on any atom is -0.476 e. The van der Waals surface area contributed by atoms with E-state index in [4.69, 9.17) is 10.5 Å². The van der Waals surface area contributed by atoms with E-state index in [0.717, 1.165) is 28.9 Å². The third kappa shape index (κ3) is 3.96. The second kappa shape index (κ2) is 6.80. The number of fused-ring (bicyclic) bond motifs is 1. The standard InChI is InChI=1S/C19H25N5O/c1-13(2)10-19(4,20)12-25-18-14(3)9-15(11-22-18)16-5-7-21-17-6-8-23-24(16)17/h5-9,11,13H,10,12,20H2,1-4H3/t19-/m1/s1. The van der Waals surface area contributed by atoms with Gasteiger partial charge in [-0.05, 0) is 38.3 Å². The lowest BCUT2D eigenvalue weighted by molar-refractivity contribution is 0.199. The van der Waals surface area contributed by atoms with Crippen LogP contribution in [0.15, 0.2) is 36.8 Å². The highest BCUT2D eigenvalue weighted by Crippen LogP contribution is 2.25. The number of hydrogen-bond donors (Lipinski definition) is 1. The van der Waals surface area contributed by atoms with Gasteiger partial charge in [0.1, 0.15) is 6.61 Å². The Kier molecular flexibility index (Phi) is 4.72. The van der Waals surface area contributed by atoms with E-state index in [-0.39, 0.29) is 5.54 Å². The number of pyridine rings is 1. The topological polar surface area (TPSA) is 78.3 Å². The van der Waals surface area contributed by atoms with E-state index in [0.29, 0.717) is 18.4 Å². The Hall–Kier alpha value is -2.47. The molecule has 0 aliphatic heterocycles. The summed E-state index contributed by atoms with van der Waals surface area (Å²) < 4.78 is 7.70. The predicted molar refractivity (Wildman–Crippen MR) is 98.5 cm³/mol. The van der Waals surface area contributed by atoms with Crippen LogP contribution in [-0.4, -0.2) is 31.7 Å². The number of aromatic nitrogens is 4. The van der Waals surface area contributed by atoms with Crippen LogP contribution in [-0.2, 0) is 0 Å². The van der Waals surface area contributed by atoms with E-state index in [1.165, 1.54) is 0 Å². The smallest absolute Gasteiger partial charge is 0.216 e. The first-order valence-corrected chi connectivity index (χ1v) is 8.53. The second-order valence-electron chi connectivity index (χ2n) is 7.32. The molecule has 0 unspecified atom stereocenters. The van der Waals surface area contributed by atoms with E-state index in [1.807, 2.05) is 26.0 Å². The van der Waals surface area contributed by atoms with Crippen LogP contribution < -0.4 is 10.5 Å². The lowest BCUT2D eigenvalue weighted by Crippen LogP contribution is -2.43. The fraction of sp³-hybridized carbons (Fsp3) is 0.421. The van der Waals surface area contributed by atoms with Gasteiger partial charge in [-0.25, -0.2) is 14.5 Å². The summed E-state index contributed by atoms with van der Waals surface area (Å²) in [5.41, 5.74) is 9.64. The molecule has 0 fully saturated rings. The summed E-state index contributed by atoms with van der Waals surface area (Å²) in [4.78, 5) is 8.78. The van der Waals surface area contributed by atoms with Crippen LogP contribution in [0.2, 0.25) is 0 Å². The van der Waals surface area contributed by atoms with Gasteiger partial charge in [-0.3, -0.25) is 0 Å². The van der Waals surface area contributed by atoms with Crippen molar-refractivity contribution in [1.82, 2.24) is 19.6 Å². The van der Waals surface area contributed by atoms with E-state index in [2.05, 4.69) is 35.0 Å². The molecule has 3 aromatic heterocycles. The molecule has 1 atom stereocenters. The average molecular weight is 339 g/mol. The molecule has 3 heterocycles. The molecule has 0 aliphatic carbocycles. The summed E-state index contributed by atoms with van der Waals surface area (Å²) >= 11 is 0. The fourth-order valence-electron chi connectivity index (χ4n) is 3.13. The molecule has 3 rings (SSSR count). The van der Waals surface area contributed by atoms with Gasteiger partial charge in [-0.1, -0.05) is 13.8 Å². The van der Waals surface area contributed by atoms with Crippen LogP contribution >= 0.6 is 0 Å². The highest BCUT2D eigenvalue weighted by atomic mass is 16.5. The van der Waals surface area contributed by atoms with Crippen molar-refractivity contribution in [2.45, 2.75) is 39.7 Å². The summed E-state index contributed by atoms with van der Waals surface area (Å²) in [5, 5.41) is 4.32. The minimum absolute atomic E-state index is 0.368. The zero-order valence-corrected chi connectivity index (χ0v) is 15.2. The van der Waals surface area contributed by atoms with Crippen molar-refractivity contribution in [1.29, 1.82) is 0 Å². The summed E-state index contributed by atoms with van der Waals surface area (Å²) in [7, 11) is 0. The Morgan fingerprint density at radius 2 is 2.04 bits per heavy atom. The van der Waals surface area contributed by atoms with Gasteiger partial charge in [-0.2, -0.15) is 5.10 Å². The van der Waals surface area contributed by atoms with E-state index >= 15 is 0 Å². The predicted octanol–water partition coefficient (Wildman–Crippen LogP) is 3.24. The Morgan fingerprint density at radius 1 is 1.24 bits per heavy atom. The van der Waals surface area contributed by atoms with Gasteiger partial charge in [0.15, 0.2) is 5.65 Å². The monoisotopic (exact) mass is 339 g/mol. The Labute approximate surface area is 148 Å². The van der Waals surface area contributed by atoms with Crippen molar-refractivity contribution in [3.8, 4) is 17.1 Å². The first-order valence-electron chi connectivity index (χ1n) is 8.53. The molecule has 25 heavy (non-hydrogen) atoms. The van der Waals surface area contributed by atoms with Gasteiger partial charge < -0.3 is 10.5 Å². The van der Waals surface area contributed by atoms with Gasteiger partial charge in [0.25, 0.3) is 0 Å². The van der Waals surface area contributed by atoms with E-state index in [1.54, 1.807) is 23.1 Å². The molecule has 0 aliphatic rings. The van der Waals surface area contributed by atoms with Crippen molar-refractivity contribution in [3.05, 3.63) is 42.4 Å². The maximum Gasteiger partial charge on any atom is 0.216 e. The summed E-state index contributed by atoms with van der Waals surface area (Å²) in [6.45, 7) is 8.77. The summed E-state index contributed by atoms with van der Waals surface area (Å²) in [6.07, 6.45) is 6.21. The van der Waals surface area contributed by atoms with Crippen LogP contribution in [0.25, 0.3) is 16.9 Å². The third-order valence-corrected chi connectivity index (χ3v) is 4.03. The van der Waals surface area contributed by atoms with E-state index < -0.39 is 0 Å². The molecule has 0 saturated carbocycles. The van der Waals surface area contributed by atoms with Gasteiger partial charge >= 0.3 is 0 Å². The first kappa shape index (κ1) is 17.4. The fourth-order valence-corrected chi connectivity index (χ4v) is 3.13. The van der Waals surface area contributed by atoms with E-state index in [9.17, 15) is 0 Å². The van der Waals surface area contributed by atoms with Gasteiger partial charge in [0.2, 0.25) is 5.88 Å². The molecule has 6 nitrogen and oxygen atoms in total. The first-order chi connectivity index (χ1) is 11.9. The largest absolute Gasteiger partial charge is 0.476 e. The quantitative estimate of drug-likeness (QED) is 0.746. The van der Waals surface area contributed by atoms with Crippen LogP contribution in [0.4, 0.5) is 0 Å². The molecule has 132 valence electrons. The van der Waals surface area contributed by atoms with Crippen molar-refractivity contribution < 1.29 is 4.74 Å². The maximum absolute atomic E-state index is 6.32. The Bertz CT molecular complexity index is 869. The SMILES string of the molecule is Cc1cc(-c2ccnc3ccnn23)cnc1OC[C@](C)(N)CC(C)C. The van der Waals surface area contributed by atoms with Crippen LogP contribution in [0.3, 0.4) is 0 Å². The molecular formula is C19H25N5O. The van der Waals surface area contributed by atoms with Gasteiger partial charge in [0, 0.05) is 35.1 Å². The lowest BCUT2D eigenvalue weighted by Gasteiger charge is -2.26. The zero-order chi connectivity index (χ0) is 18.0. The lowest BCUT2D eigenvalue weighted by atomic mass is 9.93. The number of nitrogens with two attached hydrogens (primary N) is 1. The minimum atomic E-state index is -0.368. The van der Waals surface area contributed by atoms with Crippen LogP contribution in [0.1, 0.15) is 32.8 Å². The molecule has 6 heteroatoms. The van der Waals surface area contributed by atoms with Crippen molar-refractivity contribution in [2.75, 3.05) is 6.61 Å². The molecule has 0 amide bonds. The van der Waals surface area contributed by atoms with Crippen molar-refractivity contribution in [2.24, 2.45) is 11.7 Å². The summed E-state index contributed by atoms with van der Waals surface area (Å²) in [5.74, 6) is 1.15. The van der Waals surface area contributed by atoms with Crippen LogP contribution in [0, 0.1) is 12.8 Å². The van der Waals surface area contributed by atoms with Gasteiger partial charge in [-0.15, -0.1) is 0 Å². The highest BCUT2D eigenvalue weighted by Gasteiger charge is 2.21. The normalized spacial score (nSPS) is 14.0. The number of hydrogen-bond acceptors (Lipinski definition) is 5. The molecule has 0 radical (unpaired) electrons. The third-order valence-electron chi connectivity index (χ3n) is 4.03. The molecular weight excluding hydrogens is 314 g/mol. The maximum atomic E-state index is 6.32. The molecule has 3 aromatic rings. The Morgan fingerprint density at radius 3 is 2.76 bits per heavy atom. The molecule has 0 saturated heterocycles. The number of rotatable bonds is 6. The second-order valence-corrected chi connectivity index (χ2v) is 7.32. The Balaban J connectivity index is 1.81. The molecule has 0 aromatic carbocycles. The number of ether oxygens (including phenoxy) is 1. The number of aryl methyl sites for hydroxylation is 1. The molecule has 0 bridgehead atoms. The van der Waals surface area contributed by atoms with Crippen molar-refractivity contribution >= 4 is 5.65 Å². The van der Waals surface area contributed by atoms with Gasteiger partial charge in [0.05, 0.1) is 11.9 Å².